The van der Waals surface area contributed by atoms with E-state index in [1.807, 2.05) is 6.07 Å². The molecule has 1 saturated carbocycles. The lowest BCUT2D eigenvalue weighted by atomic mass is 10.4. The van der Waals surface area contributed by atoms with Crippen molar-refractivity contribution in [2.24, 2.45) is 0 Å². The molecule has 2 aromatic heterocycles. The van der Waals surface area contributed by atoms with Gasteiger partial charge in [-0.2, -0.15) is 0 Å². The molecule has 5 nitrogen and oxygen atoms in total. The van der Waals surface area contributed by atoms with Gasteiger partial charge in [0.1, 0.15) is 21.7 Å². The maximum absolute atomic E-state index is 4.64. The van der Waals surface area contributed by atoms with Gasteiger partial charge >= 0.3 is 0 Å². The van der Waals surface area contributed by atoms with Gasteiger partial charge in [-0.3, -0.25) is 4.98 Å². The van der Waals surface area contributed by atoms with Crippen LogP contribution in [-0.2, 0) is 0 Å². The molecule has 1 fully saturated rings. The Morgan fingerprint density at radius 3 is 2.85 bits per heavy atom. The molecule has 0 amide bonds. The zero-order chi connectivity index (χ0) is 13.8. The summed E-state index contributed by atoms with van der Waals surface area (Å²) in [6, 6.07) is 1.99. The zero-order valence-corrected chi connectivity index (χ0v) is 12.2. The molecule has 1 aliphatic carbocycles. The van der Waals surface area contributed by atoms with Gasteiger partial charge in [0.25, 0.3) is 0 Å². The standard InChI is InChI=1S/C14H17N5S/c1-2-5-16-11-8-12(19-14(18-11)10-3-4-10)20-13-9-15-6-7-17-13/h6-10H,2-5H2,1H3,(H,16,18,19). The number of anilines is 1. The molecule has 1 aliphatic rings. The second kappa shape index (κ2) is 6.17. The van der Waals surface area contributed by atoms with E-state index in [2.05, 4.69) is 32.2 Å². The average Bonchev–Trinajstić information content (AvgIpc) is 3.31. The van der Waals surface area contributed by atoms with E-state index in [0.717, 1.165) is 34.7 Å². The minimum Gasteiger partial charge on any atom is -0.370 e. The zero-order valence-electron chi connectivity index (χ0n) is 11.4. The molecule has 6 heteroatoms. The summed E-state index contributed by atoms with van der Waals surface area (Å²) < 4.78 is 0. The van der Waals surface area contributed by atoms with Crippen molar-refractivity contribution in [2.45, 2.75) is 42.2 Å². The third-order valence-electron chi connectivity index (χ3n) is 2.97. The van der Waals surface area contributed by atoms with Crippen LogP contribution in [0.2, 0.25) is 0 Å². The molecule has 0 bridgehead atoms. The van der Waals surface area contributed by atoms with Crippen LogP contribution in [0.1, 0.15) is 37.9 Å². The molecule has 2 heterocycles. The van der Waals surface area contributed by atoms with Gasteiger partial charge in [0.15, 0.2) is 0 Å². The van der Waals surface area contributed by atoms with Crippen molar-refractivity contribution in [3.05, 3.63) is 30.5 Å². The van der Waals surface area contributed by atoms with Gasteiger partial charge in [0.05, 0.1) is 6.20 Å². The van der Waals surface area contributed by atoms with Gasteiger partial charge in [-0.1, -0.05) is 6.92 Å². The Balaban J connectivity index is 1.83. The first-order valence-corrected chi connectivity index (χ1v) is 7.73. The van der Waals surface area contributed by atoms with Crippen LogP contribution in [0.25, 0.3) is 0 Å². The second-order valence-electron chi connectivity index (χ2n) is 4.80. The molecule has 0 spiro atoms. The Morgan fingerprint density at radius 1 is 1.25 bits per heavy atom. The van der Waals surface area contributed by atoms with Crippen molar-refractivity contribution < 1.29 is 0 Å². The molecule has 3 rings (SSSR count). The molecule has 1 N–H and O–H groups in total. The van der Waals surface area contributed by atoms with E-state index in [4.69, 9.17) is 0 Å². The van der Waals surface area contributed by atoms with E-state index in [9.17, 15) is 0 Å². The fraction of sp³-hybridized carbons (Fsp3) is 0.429. The highest BCUT2D eigenvalue weighted by atomic mass is 32.2. The molecule has 0 aliphatic heterocycles. The predicted octanol–water partition coefficient (Wildman–Crippen LogP) is 3.12. The van der Waals surface area contributed by atoms with Gasteiger partial charge in [0.2, 0.25) is 0 Å². The Kier molecular flexibility index (Phi) is 4.11. The summed E-state index contributed by atoms with van der Waals surface area (Å²) in [5, 5.41) is 5.13. The van der Waals surface area contributed by atoms with Gasteiger partial charge in [0, 0.05) is 30.9 Å². The van der Waals surface area contributed by atoms with Crippen LogP contribution in [0, 0.1) is 0 Å². The number of hydrogen-bond donors (Lipinski definition) is 1. The fourth-order valence-electron chi connectivity index (χ4n) is 1.81. The number of nitrogens with zero attached hydrogens (tertiary/aromatic N) is 4. The van der Waals surface area contributed by atoms with Crippen LogP contribution in [0.3, 0.4) is 0 Å². The van der Waals surface area contributed by atoms with Gasteiger partial charge in [-0.15, -0.1) is 0 Å². The maximum atomic E-state index is 4.64. The Labute approximate surface area is 122 Å². The van der Waals surface area contributed by atoms with Crippen molar-refractivity contribution in [1.82, 2.24) is 19.9 Å². The quantitative estimate of drug-likeness (QED) is 0.824. The Hall–Kier alpha value is -1.69. The highest BCUT2D eigenvalue weighted by molar-refractivity contribution is 7.99. The highest BCUT2D eigenvalue weighted by Gasteiger charge is 2.27. The van der Waals surface area contributed by atoms with Crippen molar-refractivity contribution >= 4 is 17.6 Å². The second-order valence-corrected chi connectivity index (χ2v) is 5.84. The average molecular weight is 287 g/mol. The van der Waals surface area contributed by atoms with E-state index in [0.29, 0.717) is 5.92 Å². The summed E-state index contributed by atoms with van der Waals surface area (Å²) >= 11 is 1.53. The lowest BCUT2D eigenvalue weighted by Crippen LogP contribution is -2.05. The SMILES string of the molecule is CCCNc1cc(Sc2cnccn2)nc(C2CC2)n1. The van der Waals surface area contributed by atoms with E-state index in [1.54, 1.807) is 18.6 Å². The molecule has 104 valence electrons. The van der Waals surface area contributed by atoms with Crippen LogP contribution in [0.5, 0.6) is 0 Å². The van der Waals surface area contributed by atoms with Crippen LogP contribution in [0.15, 0.2) is 34.7 Å². The molecule has 0 unspecified atom stereocenters. The first-order chi connectivity index (χ1) is 9.85. The highest BCUT2D eigenvalue weighted by Crippen LogP contribution is 2.39. The molecule has 20 heavy (non-hydrogen) atoms. The van der Waals surface area contributed by atoms with Crippen LogP contribution >= 0.6 is 11.8 Å². The summed E-state index contributed by atoms with van der Waals surface area (Å²) in [4.78, 5) is 17.6. The van der Waals surface area contributed by atoms with Crippen molar-refractivity contribution in [2.75, 3.05) is 11.9 Å². The number of nitrogens with one attached hydrogen (secondary N) is 1. The summed E-state index contributed by atoms with van der Waals surface area (Å²) in [7, 11) is 0. The van der Waals surface area contributed by atoms with Gasteiger partial charge in [-0.25, -0.2) is 15.0 Å². The number of hydrogen-bond acceptors (Lipinski definition) is 6. The van der Waals surface area contributed by atoms with Crippen LogP contribution in [-0.4, -0.2) is 26.5 Å². The van der Waals surface area contributed by atoms with E-state index in [-0.39, 0.29) is 0 Å². The van der Waals surface area contributed by atoms with E-state index < -0.39 is 0 Å². The molecular weight excluding hydrogens is 270 g/mol. The monoisotopic (exact) mass is 287 g/mol. The fourth-order valence-corrected chi connectivity index (χ4v) is 2.56. The molecule has 0 aromatic carbocycles. The Morgan fingerprint density at radius 2 is 2.15 bits per heavy atom. The third kappa shape index (κ3) is 3.45. The van der Waals surface area contributed by atoms with E-state index >= 15 is 0 Å². The van der Waals surface area contributed by atoms with Crippen LogP contribution in [0.4, 0.5) is 5.82 Å². The van der Waals surface area contributed by atoms with Crippen molar-refractivity contribution in [3.8, 4) is 0 Å². The summed E-state index contributed by atoms with van der Waals surface area (Å²) in [6.45, 7) is 3.07. The minimum absolute atomic E-state index is 0.541. The van der Waals surface area contributed by atoms with E-state index in [1.165, 1.54) is 24.6 Å². The van der Waals surface area contributed by atoms with Crippen molar-refractivity contribution in [1.29, 1.82) is 0 Å². The summed E-state index contributed by atoms with van der Waals surface area (Å²) in [5.41, 5.74) is 0. The lowest BCUT2D eigenvalue weighted by Gasteiger charge is -2.08. The Bertz CT molecular complexity index is 571. The number of aromatic nitrogens is 4. The molecule has 0 radical (unpaired) electrons. The molecule has 2 aromatic rings. The third-order valence-corrected chi connectivity index (χ3v) is 3.81. The summed E-state index contributed by atoms with van der Waals surface area (Å²) in [5.74, 6) is 2.41. The lowest BCUT2D eigenvalue weighted by molar-refractivity contribution is 0.867. The predicted molar refractivity (Wildman–Crippen MR) is 78.9 cm³/mol. The first-order valence-electron chi connectivity index (χ1n) is 6.92. The van der Waals surface area contributed by atoms with Crippen molar-refractivity contribution in [3.63, 3.8) is 0 Å². The minimum atomic E-state index is 0.541. The smallest absolute Gasteiger partial charge is 0.135 e. The number of rotatable bonds is 6. The molecular formula is C14H17N5S. The summed E-state index contributed by atoms with van der Waals surface area (Å²) in [6.07, 6.45) is 8.60. The largest absolute Gasteiger partial charge is 0.370 e. The van der Waals surface area contributed by atoms with Gasteiger partial charge in [-0.05, 0) is 31.0 Å². The molecule has 0 atom stereocenters. The first kappa shape index (κ1) is 13.3. The topological polar surface area (TPSA) is 63.6 Å². The normalized spacial score (nSPS) is 14.2. The maximum Gasteiger partial charge on any atom is 0.135 e. The van der Waals surface area contributed by atoms with Gasteiger partial charge < -0.3 is 5.32 Å². The molecule has 0 saturated heterocycles. The van der Waals surface area contributed by atoms with Crippen LogP contribution < -0.4 is 5.32 Å².